The van der Waals surface area contributed by atoms with E-state index < -0.39 is 27.8 Å². The number of ketones is 1. The molecule has 0 unspecified atom stereocenters. The van der Waals surface area contributed by atoms with Crippen LogP contribution in [0.4, 0.5) is 0 Å². The number of carbonyl (C=O) groups is 2. The molecule has 0 spiro atoms. The normalized spacial score (nSPS) is 18.8. The minimum atomic E-state index is -3.64. The lowest BCUT2D eigenvalue weighted by Crippen LogP contribution is -2.32. The Morgan fingerprint density at radius 3 is 2.28 bits per heavy atom. The molecule has 0 saturated carbocycles. The Morgan fingerprint density at radius 2 is 1.75 bits per heavy atom. The lowest BCUT2D eigenvalue weighted by Gasteiger charge is -2.24. The van der Waals surface area contributed by atoms with Gasteiger partial charge in [-0.25, -0.2) is 12.7 Å². The monoisotopic (exact) mass is 461 g/mol. The van der Waals surface area contributed by atoms with Gasteiger partial charge in [0.15, 0.2) is 0 Å². The van der Waals surface area contributed by atoms with Crippen LogP contribution in [-0.2, 0) is 19.6 Å². The number of hydrogen-bond acceptors (Lipinski definition) is 7. The second kappa shape index (κ2) is 9.27. The van der Waals surface area contributed by atoms with E-state index >= 15 is 0 Å². The van der Waals surface area contributed by atoms with E-state index in [9.17, 15) is 23.1 Å². The first kappa shape index (κ1) is 23.7. The Bertz CT molecular complexity index is 1120. The fourth-order valence-electron chi connectivity index (χ4n) is 3.56. The molecule has 1 fully saturated rings. The molecular weight excluding hydrogens is 434 g/mol. The molecule has 1 aliphatic rings. The maximum atomic E-state index is 12.9. The first-order chi connectivity index (χ1) is 15.1. The van der Waals surface area contributed by atoms with Crippen molar-refractivity contribution < 1.29 is 27.5 Å². The van der Waals surface area contributed by atoms with Crippen molar-refractivity contribution in [3.63, 3.8) is 0 Å². The second-order valence-electron chi connectivity index (χ2n) is 7.98. The Hall–Kier alpha value is -2.95. The van der Waals surface area contributed by atoms with Gasteiger partial charge in [-0.05, 0) is 63.5 Å². The van der Waals surface area contributed by atoms with E-state index in [1.54, 1.807) is 12.1 Å². The Kier molecular flexibility index (Phi) is 6.87. The summed E-state index contributed by atoms with van der Waals surface area (Å²) < 4.78 is 31.2. The van der Waals surface area contributed by atoms with Crippen molar-refractivity contribution in [3.05, 3.63) is 59.6 Å². The summed E-state index contributed by atoms with van der Waals surface area (Å²) in [5.74, 6) is -1.53. The first-order valence-corrected chi connectivity index (χ1v) is 11.5. The van der Waals surface area contributed by atoms with E-state index in [1.165, 1.54) is 49.5 Å². The van der Waals surface area contributed by atoms with Crippen LogP contribution in [0.1, 0.15) is 23.8 Å². The molecule has 2 aromatic rings. The average Bonchev–Trinajstić information content (AvgIpc) is 3.35. The van der Waals surface area contributed by atoms with E-state index in [-0.39, 0.29) is 21.8 Å². The molecule has 1 atom stereocenters. The van der Waals surface area contributed by atoms with Crippen LogP contribution < -0.4 is 0 Å². The summed E-state index contributed by atoms with van der Waals surface area (Å²) in [6, 6.07) is 7.94. The molecule has 0 bridgehead atoms. The Morgan fingerprint density at radius 1 is 1.09 bits per heavy atom. The SMILES string of the molecule is CN(C)CCCN1C(=O)C(=O)/C(=C(/O)c2ccc(S(=O)(=O)N(C)C)cc2)[C@@H]1c1ccco1. The van der Waals surface area contributed by atoms with Crippen LogP contribution in [0.25, 0.3) is 5.76 Å². The standard InChI is InChI=1S/C22H27N3O6S/c1-23(2)12-6-13-25-19(17-7-5-14-31-17)18(21(27)22(25)28)20(26)15-8-10-16(11-9-15)32(29,30)24(3)4/h5,7-11,14,19,26H,6,12-13H2,1-4H3/b20-18+/t19-/m0/s1. The van der Waals surface area contributed by atoms with Crippen LogP contribution >= 0.6 is 0 Å². The summed E-state index contributed by atoms with van der Waals surface area (Å²) >= 11 is 0. The number of likely N-dealkylation sites (tertiary alicyclic amines) is 1. The van der Waals surface area contributed by atoms with Crippen molar-refractivity contribution in [2.45, 2.75) is 17.4 Å². The molecule has 1 aromatic carbocycles. The number of nitrogens with zero attached hydrogens (tertiary/aromatic N) is 3. The maximum absolute atomic E-state index is 12.9. The summed E-state index contributed by atoms with van der Waals surface area (Å²) in [6.45, 7) is 1.03. The molecule has 1 saturated heterocycles. The molecule has 1 N–H and O–H groups in total. The first-order valence-electron chi connectivity index (χ1n) is 10.0. The Labute approximate surface area is 187 Å². The molecule has 1 aliphatic heterocycles. The van der Waals surface area contributed by atoms with Gasteiger partial charge >= 0.3 is 0 Å². The summed E-state index contributed by atoms with van der Waals surface area (Å²) in [5, 5.41) is 11.0. The number of sulfonamides is 1. The van der Waals surface area contributed by atoms with Crippen molar-refractivity contribution in [1.29, 1.82) is 0 Å². The highest BCUT2D eigenvalue weighted by Crippen LogP contribution is 2.39. The van der Waals surface area contributed by atoms with Gasteiger partial charge in [0.25, 0.3) is 11.7 Å². The molecule has 9 nitrogen and oxygen atoms in total. The highest BCUT2D eigenvalue weighted by atomic mass is 32.2. The van der Waals surface area contributed by atoms with Gasteiger partial charge in [0.1, 0.15) is 17.6 Å². The smallest absolute Gasteiger partial charge is 0.295 e. The number of rotatable bonds is 8. The van der Waals surface area contributed by atoms with Gasteiger partial charge in [-0.1, -0.05) is 0 Å². The molecule has 2 heterocycles. The minimum Gasteiger partial charge on any atom is -0.507 e. The van der Waals surface area contributed by atoms with Crippen LogP contribution in [-0.4, -0.2) is 80.6 Å². The number of furan rings is 1. The van der Waals surface area contributed by atoms with E-state index in [4.69, 9.17) is 4.42 Å². The molecule has 32 heavy (non-hydrogen) atoms. The third-order valence-corrected chi connectivity index (χ3v) is 7.09. The minimum absolute atomic E-state index is 0.0470. The Balaban J connectivity index is 2.03. The van der Waals surface area contributed by atoms with Gasteiger partial charge in [0.2, 0.25) is 10.0 Å². The fraction of sp³-hybridized carbons (Fsp3) is 0.364. The molecule has 1 aromatic heterocycles. The lowest BCUT2D eigenvalue weighted by atomic mass is 9.99. The summed E-state index contributed by atoms with van der Waals surface area (Å²) in [7, 11) is 3.03. The number of benzene rings is 1. The molecule has 172 valence electrons. The van der Waals surface area contributed by atoms with Gasteiger partial charge in [-0.15, -0.1) is 0 Å². The third kappa shape index (κ3) is 4.47. The van der Waals surface area contributed by atoms with Crippen LogP contribution in [0, 0.1) is 0 Å². The van der Waals surface area contributed by atoms with E-state index in [2.05, 4.69) is 0 Å². The average molecular weight is 462 g/mol. The van der Waals surface area contributed by atoms with Gasteiger partial charge in [0.05, 0.1) is 16.7 Å². The second-order valence-corrected chi connectivity index (χ2v) is 10.1. The largest absolute Gasteiger partial charge is 0.507 e. The molecule has 1 amide bonds. The number of carbonyl (C=O) groups excluding carboxylic acids is 2. The highest BCUT2D eigenvalue weighted by molar-refractivity contribution is 7.89. The number of amides is 1. The molecular formula is C22H27N3O6S. The quantitative estimate of drug-likeness (QED) is 0.363. The predicted octanol–water partition coefficient (Wildman–Crippen LogP) is 1.90. The zero-order valence-electron chi connectivity index (χ0n) is 18.5. The number of aliphatic hydroxyl groups excluding tert-OH is 1. The van der Waals surface area contributed by atoms with E-state index in [0.717, 1.165) is 10.8 Å². The van der Waals surface area contributed by atoms with Gasteiger partial charge < -0.3 is 19.3 Å². The van der Waals surface area contributed by atoms with Crippen LogP contribution in [0.5, 0.6) is 0 Å². The van der Waals surface area contributed by atoms with Crippen molar-refractivity contribution in [2.75, 3.05) is 41.3 Å². The third-order valence-electron chi connectivity index (χ3n) is 5.26. The van der Waals surface area contributed by atoms with Gasteiger partial charge in [0, 0.05) is 26.2 Å². The topological polar surface area (TPSA) is 111 Å². The molecule has 3 rings (SSSR count). The van der Waals surface area contributed by atoms with E-state index in [0.29, 0.717) is 18.7 Å². The predicted molar refractivity (Wildman–Crippen MR) is 118 cm³/mol. The van der Waals surface area contributed by atoms with Crippen molar-refractivity contribution in [1.82, 2.24) is 14.1 Å². The zero-order valence-corrected chi connectivity index (χ0v) is 19.3. The van der Waals surface area contributed by atoms with Crippen LogP contribution in [0.3, 0.4) is 0 Å². The molecule has 10 heteroatoms. The number of Topliss-reactive ketones (excluding diaryl/α,β-unsaturated/α-hetero) is 1. The van der Waals surface area contributed by atoms with Crippen molar-refractivity contribution >= 4 is 27.5 Å². The number of aliphatic hydroxyl groups is 1. The molecule has 0 aliphatic carbocycles. The van der Waals surface area contributed by atoms with Crippen LogP contribution in [0.15, 0.2) is 57.5 Å². The van der Waals surface area contributed by atoms with Crippen molar-refractivity contribution in [2.24, 2.45) is 0 Å². The molecule has 0 radical (unpaired) electrons. The van der Waals surface area contributed by atoms with E-state index in [1.807, 2.05) is 19.0 Å². The number of hydrogen-bond donors (Lipinski definition) is 1. The van der Waals surface area contributed by atoms with Gasteiger partial charge in [-0.2, -0.15) is 0 Å². The van der Waals surface area contributed by atoms with Crippen LogP contribution in [0.2, 0.25) is 0 Å². The summed E-state index contributed by atoms with van der Waals surface area (Å²) in [6.07, 6.45) is 2.07. The highest BCUT2D eigenvalue weighted by Gasteiger charge is 2.47. The summed E-state index contributed by atoms with van der Waals surface area (Å²) in [5.41, 5.74) is 0.142. The maximum Gasteiger partial charge on any atom is 0.295 e. The summed E-state index contributed by atoms with van der Waals surface area (Å²) in [4.78, 5) is 29.1. The lowest BCUT2D eigenvalue weighted by molar-refractivity contribution is -0.140. The van der Waals surface area contributed by atoms with Gasteiger partial charge in [-0.3, -0.25) is 9.59 Å². The zero-order chi connectivity index (χ0) is 23.6. The van der Waals surface area contributed by atoms with Crippen molar-refractivity contribution in [3.8, 4) is 0 Å². The fourth-order valence-corrected chi connectivity index (χ4v) is 4.46.